The van der Waals surface area contributed by atoms with E-state index in [4.69, 9.17) is 0 Å². The minimum absolute atomic E-state index is 0.204. The summed E-state index contributed by atoms with van der Waals surface area (Å²) in [7, 11) is 0. The number of carbonyl (C=O) groups excluding carboxylic acids is 1. The molecule has 0 atom stereocenters. The third-order valence-corrected chi connectivity index (χ3v) is 3.29. The fourth-order valence-electron chi connectivity index (χ4n) is 2.02. The highest BCUT2D eigenvalue weighted by molar-refractivity contribution is 6.03. The number of anilines is 1. The molecule has 0 spiro atoms. The van der Waals surface area contributed by atoms with Gasteiger partial charge in [-0.3, -0.25) is 4.79 Å². The van der Waals surface area contributed by atoms with Crippen LogP contribution in [0.1, 0.15) is 21.6 Å². The fourth-order valence-corrected chi connectivity index (χ4v) is 2.02. The van der Waals surface area contributed by atoms with Crippen molar-refractivity contribution in [2.45, 2.75) is 13.8 Å². The monoisotopic (exact) mass is 266 g/mol. The van der Waals surface area contributed by atoms with E-state index in [1.165, 1.54) is 10.1 Å². The van der Waals surface area contributed by atoms with E-state index in [0.29, 0.717) is 11.3 Å². The summed E-state index contributed by atoms with van der Waals surface area (Å²) in [6.07, 6.45) is 3.22. The van der Waals surface area contributed by atoms with Crippen molar-refractivity contribution in [3.05, 3.63) is 59.5 Å². The Bertz CT molecular complexity index is 791. The van der Waals surface area contributed by atoms with Gasteiger partial charge in [0.05, 0.1) is 6.20 Å². The van der Waals surface area contributed by atoms with Crippen LogP contribution in [0.25, 0.3) is 5.65 Å². The number of nitrogens with one attached hydrogen (secondary N) is 1. The van der Waals surface area contributed by atoms with Gasteiger partial charge in [0.25, 0.3) is 5.91 Å². The van der Waals surface area contributed by atoms with Crippen LogP contribution < -0.4 is 5.32 Å². The summed E-state index contributed by atoms with van der Waals surface area (Å²) in [6, 6.07) is 9.24. The third kappa shape index (κ3) is 2.14. The minimum Gasteiger partial charge on any atom is -0.321 e. The molecular weight excluding hydrogens is 252 g/mol. The first-order valence-corrected chi connectivity index (χ1v) is 6.32. The Morgan fingerprint density at radius 1 is 1.10 bits per heavy atom. The van der Waals surface area contributed by atoms with E-state index < -0.39 is 0 Å². The van der Waals surface area contributed by atoms with Crippen LogP contribution >= 0.6 is 0 Å². The number of hydrogen-bond acceptors (Lipinski definition) is 3. The highest BCUT2D eigenvalue weighted by Crippen LogP contribution is 2.15. The lowest BCUT2D eigenvalue weighted by atomic mass is 10.1. The maximum Gasteiger partial charge on any atom is 0.274 e. The third-order valence-electron chi connectivity index (χ3n) is 3.29. The summed E-state index contributed by atoms with van der Waals surface area (Å²) in [5, 5.41) is 6.99. The normalized spacial score (nSPS) is 10.7. The predicted octanol–water partition coefficient (Wildman–Crippen LogP) is 2.60. The summed E-state index contributed by atoms with van der Waals surface area (Å²) in [5.74, 6) is -0.204. The largest absolute Gasteiger partial charge is 0.321 e. The van der Waals surface area contributed by atoms with Gasteiger partial charge in [0, 0.05) is 18.0 Å². The second-order valence-corrected chi connectivity index (χ2v) is 4.68. The van der Waals surface area contributed by atoms with Crippen LogP contribution in [0.2, 0.25) is 0 Å². The molecule has 0 aliphatic rings. The first kappa shape index (κ1) is 12.3. The summed E-state index contributed by atoms with van der Waals surface area (Å²) in [4.78, 5) is 16.5. The summed E-state index contributed by atoms with van der Waals surface area (Å²) in [6.45, 7) is 4.06. The molecule has 1 N–H and O–H groups in total. The Labute approximate surface area is 116 Å². The van der Waals surface area contributed by atoms with E-state index in [9.17, 15) is 4.79 Å². The van der Waals surface area contributed by atoms with Gasteiger partial charge in [-0.1, -0.05) is 6.07 Å². The lowest BCUT2D eigenvalue weighted by Crippen LogP contribution is -2.16. The van der Waals surface area contributed by atoms with E-state index in [1.807, 2.05) is 32.0 Å². The summed E-state index contributed by atoms with van der Waals surface area (Å²) < 4.78 is 1.52. The van der Waals surface area contributed by atoms with Crippen LogP contribution in [0.3, 0.4) is 0 Å². The quantitative estimate of drug-likeness (QED) is 0.775. The SMILES string of the molecule is Cc1ccc(NC(=O)c2ccnc3ccnn23)cc1C. The molecule has 0 radical (unpaired) electrons. The lowest BCUT2D eigenvalue weighted by molar-refractivity contribution is 0.102. The average molecular weight is 266 g/mol. The Kier molecular flexibility index (Phi) is 2.95. The zero-order valence-electron chi connectivity index (χ0n) is 11.3. The van der Waals surface area contributed by atoms with Gasteiger partial charge in [-0.2, -0.15) is 5.10 Å². The van der Waals surface area contributed by atoms with Crippen LogP contribution in [-0.4, -0.2) is 20.5 Å². The Morgan fingerprint density at radius 3 is 2.75 bits per heavy atom. The number of benzene rings is 1. The standard InChI is InChI=1S/C15H14N4O/c1-10-3-4-12(9-11(10)2)18-15(20)13-5-7-16-14-6-8-17-19(13)14/h3-9H,1-2H3,(H,18,20). The van der Waals surface area contributed by atoms with E-state index in [2.05, 4.69) is 15.4 Å². The second kappa shape index (κ2) is 4.77. The Morgan fingerprint density at radius 2 is 1.95 bits per heavy atom. The topological polar surface area (TPSA) is 59.3 Å². The van der Waals surface area contributed by atoms with E-state index in [-0.39, 0.29) is 5.91 Å². The average Bonchev–Trinajstić information content (AvgIpc) is 2.91. The second-order valence-electron chi connectivity index (χ2n) is 4.68. The number of aryl methyl sites for hydroxylation is 2. The molecule has 3 rings (SSSR count). The van der Waals surface area contributed by atoms with E-state index in [1.54, 1.807) is 24.5 Å². The Balaban J connectivity index is 1.93. The maximum absolute atomic E-state index is 12.3. The lowest BCUT2D eigenvalue weighted by Gasteiger charge is -2.08. The molecule has 0 saturated heterocycles. The first-order chi connectivity index (χ1) is 9.65. The predicted molar refractivity (Wildman–Crippen MR) is 76.9 cm³/mol. The van der Waals surface area contributed by atoms with Crippen molar-refractivity contribution in [3.8, 4) is 0 Å². The summed E-state index contributed by atoms with van der Waals surface area (Å²) in [5.41, 5.74) is 4.22. The van der Waals surface area contributed by atoms with Gasteiger partial charge >= 0.3 is 0 Å². The number of rotatable bonds is 2. The Hall–Kier alpha value is -2.69. The van der Waals surface area contributed by atoms with Gasteiger partial charge in [0.2, 0.25) is 0 Å². The number of carbonyl (C=O) groups is 1. The molecule has 3 aromatic rings. The molecule has 1 amide bonds. The molecule has 20 heavy (non-hydrogen) atoms. The molecule has 0 aliphatic carbocycles. The molecule has 2 aromatic heterocycles. The van der Waals surface area contributed by atoms with Gasteiger partial charge in [-0.05, 0) is 43.2 Å². The van der Waals surface area contributed by atoms with Gasteiger partial charge in [-0.25, -0.2) is 9.50 Å². The van der Waals surface area contributed by atoms with Crippen LogP contribution in [0.4, 0.5) is 5.69 Å². The fraction of sp³-hybridized carbons (Fsp3) is 0.133. The zero-order chi connectivity index (χ0) is 14.1. The number of hydrogen-bond donors (Lipinski definition) is 1. The molecule has 0 bridgehead atoms. The van der Waals surface area contributed by atoms with E-state index >= 15 is 0 Å². The van der Waals surface area contributed by atoms with Crippen LogP contribution in [0, 0.1) is 13.8 Å². The van der Waals surface area contributed by atoms with Crippen LogP contribution in [0.5, 0.6) is 0 Å². The molecule has 0 unspecified atom stereocenters. The molecule has 5 nitrogen and oxygen atoms in total. The molecule has 0 fully saturated rings. The van der Waals surface area contributed by atoms with Crippen molar-refractivity contribution >= 4 is 17.2 Å². The molecule has 100 valence electrons. The van der Waals surface area contributed by atoms with E-state index in [0.717, 1.165) is 11.3 Å². The van der Waals surface area contributed by atoms with Gasteiger partial charge < -0.3 is 5.32 Å². The van der Waals surface area contributed by atoms with Crippen LogP contribution in [0.15, 0.2) is 42.7 Å². The molecule has 0 aliphatic heterocycles. The van der Waals surface area contributed by atoms with Crippen molar-refractivity contribution in [1.29, 1.82) is 0 Å². The highest BCUT2D eigenvalue weighted by Gasteiger charge is 2.11. The van der Waals surface area contributed by atoms with Crippen molar-refractivity contribution < 1.29 is 4.79 Å². The number of amides is 1. The molecular formula is C15H14N4O. The summed E-state index contributed by atoms with van der Waals surface area (Å²) >= 11 is 0. The van der Waals surface area contributed by atoms with Crippen molar-refractivity contribution in [2.75, 3.05) is 5.32 Å². The number of aromatic nitrogens is 3. The molecule has 5 heteroatoms. The molecule has 0 saturated carbocycles. The highest BCUT2D eigenvalue weighted by atomic mass is 16.2. The van der Waals surface area contributed by atoms with Gasteiger partial charge in [0.15, 0.2) is 5.65 Å². The molecule has 1 aromatic carbocycles. The molecule has 2 heterocycles. The van der Waals surface area contributed by atoms with Gasteiger partial charge in [-0.15, -0.1) is 0 Å². The maximum atomic E-state index is 12.3. The number of nitrogens with zero attached hydrogens (tertiary/aromatic N) is 3. The van der Waals surface area contributed by atoms with Crippen molar-refractivity contribution in [2.24, 2.45) is 0 Å². The van der Waals surface area contributed by atoms with Gasteiger partial charge in [0.1, 0.15) is 5.69 Å². The van der Waals surface area contributed by atoms with Crippen LogP contribution in [-0.2, 0) is 0 Å². The minimum atomic E-state index is -0.204. The number of fused-ring (bicyclic) bond motifs is 1. The van der Waals surface area contributed by atoms with Crippen molar-refractivity contribution in [1.82, 2.24) is 14.6 Å². The smallest absolute Gasteiger partial charge is 0.274 e. The first-order valence-electron chi connectivity index (χ1n) is 6.32. The van der Waals surface area contributed by atoms with Crippen molar-refractivity contribution in [3.63, 3.8) is 0 Å². The zero-order valence-corrected chi connectivity index (χ0v) is 11.3.